The van der Waals surface area contributed by atoms with Gasteiger partial charge in [0.15, 0.2) is 5.82 Å². The Balaban J connectivity index is 1.54. The van der Waals surface area contributed by atoms with Gasteiger partial charge in [-0.15, -0.1) is 0 Å². The van der Waals surface area contributed by atoms with E-state index in [1.165, 1.54) is 0 Å². The Morgan fingerprint density at radius 3 is 2.63 bits per heavy atom. The molecule has 0 amide bonds. The Morgan fingerprint density at radius 2 is 1.94 bits per heavy atom. The Labute approximate surface area is 207 Å². The molecule has 3 aliphatic heterocycles. The fourth-order valence-electron chi connectivity index (χ4n) is 5.65. The van der Waals surface area contributed by atoms with Crippen LogP contribution < -0.4 is 9.64 Å². The van der Waals surface area contributed by atoms with E-state index >= 15 is 4.39 Å². The molecule has 0 spiro atoms. The number of ether oxygens (including phenoxy) is 1. The van der Waals surface area contributed by atoms with Gasteiger partial charge in [0, 0.05) is 38.0 Å². The molecule has 4 heterocycles. The van der Waals surface area contributed by atoms with Gasteiger partial charge in [-0.3, -0.25) is 4.90 Å². The van der Waals surface area contributed by atoms with E-state index in [4.69, 9.17) is 4.74 Å². The van der Waals surface area contributed by atoms with Crippen LogP contribution in [0.4, 0.5) is 27.8 Å². The number of alkyl halides is 4. The first kappa shape index (κ1) is 24.9. The number of piperidine rings is 1. The van der Waals surface area contributed by atoms with Crippen LogP contribution >= 0.6 is 15.9 Å². The minimum absolute atomic E-state index is 0.0284. The van der Waals surface area contributed by atoms with Gasteiger partial charge in [0.05, 0.1) is 15.6 Å². The number of aliphatic hydroxyl groups excluding tert-OH is 1. The number of fused-ring (bicyclic) bond motifs is 2. The molecule has 0 bridgehead atoms. The van der Waals surface area contributed by atoms with E-state index in [-0.39, 0.29) is 41.9 Å². The zero-order valence-corrected chi connectivity index (χ0v) is 20.5. The SMILES string of the molecule is OCC1CCN(c2nc(OC[C@@]34CCCN3C[C@H](F)C4)nc3c(F)c(Br)c(C(F)(F)F)cc23)CC1. The van der Waals surface area contributed by atoms with Crippen LogP contribution in [0.1, 0.15) is 37.7 Å². The summed E-state index contributed by atoms with van der Waals surface area (Å²) < 4.78 is 75.4. The number of aromatic nitrogens is 2. The highest BCUT2D eigenvalue weighted by Crippen LogP contribution is 2.43. The second kappa shape index (κ2) is 9.26. The van der Waals surface area contributed by atoms with Crippen LogP contribution in [0.3, 0.4) is 0 Å². The molecule has 0 radical (unpaired) electrons. The van der Waals surface area contributed by atoms with Gasteiger partial charge in [-0.2, -0.15) is 23.1 Å². The van der Waals surface area contributed by atoms with Crippen LogP contribution in [0.15, 0.2) is 10.5 Å². The first-order valence-electron chi connectivity index (χ1n) is 11.8. The van der Waals surface area contributed by atoms with Crippen LogP contribution in [0, 0.1) is 11.7 Å². The van der Waals surface area contributed by atoms with E-state index in [0.29, 0.717) is 38.9 Å². The third-order valence-electron chi connectivity index (χ3n) is 7.54. The minimum Gasteiger partial charge on any atom is -0.461 e. The average Bonchev–Trinajstić information content (AvgIpc) is 3.34. The summed E-state index contributed by atoms with van der Waals surface area (Å²) in [6, 6.07) is 0.716. The lowest BCUT2D eigenvalue weighted by Crippen LogP contribution is -2.43. The Hall–Kier alpha value is -1.79. The topological polar surface area (TPSA) is 61.7 Å². The predicted octanol–water partition coefficient (Wildman–Crippen LogP) is 4.71. The summed E-state index contributed by atoms with van der Waals surface area (Å²) >= 11 is 2.75. The fraction of sp³-hybridized carbons (Fsp3) is 0.652. The molecule has 0 aliphatic carbocycles. The molecule has 3 saturated heterocycles. The van der Waals surface area contributed by atoms with Crippen molar-refractivity contribution in [3.05, 3.63) is 21.9 Å². The molecule has 12 heteroatoms. The average molecular weight is 565 g/mol. The summed E-state index contributed by atoms with van der Waals surface area (Å²) in [6.07, 6.45) is -2.47. The summed E-state index contributed by atoms with van der Waals surface area (Å²) in [4.78, 5) is 12.4. The van der Waals surface area contributed by atoms with E-state index < -0.39 is 33.7 Å². The molecule has 35 heavy (non-hydrogen) atoms. The van der Waals surface area contributed by atoms with Crippen LogP contribution in [0.5, 0.6) is 6.01 Å². The Bertz CT molecular complexity index is 1110. The second-order valence-electron chi connectivity index (χ2n) is 9.75. The lowest BCUT2D eigenvalue weighted by Gasteiger charge is -2.33. The third-order valence-corrected chi connectivity index (χ3v) is 8.31. The van der Waals surface area contributed by atoms with Crippen LogP contribution in [0.2, 0.25) is 0 Å². The molecule has 3 aliphatic rings. The zero-order valence-electron chi connectivity index (χ0n) is 18.9. The van der Waals surface area contributed by atoms with Crippen molar-refractivity contribution < 1.29 is 31.8 Å². The van der Waals surface area contributed by atoms with E-state index in [9.17, 15) is 22.7 Å². The largest absolute Gasteiger partial charge is 0.461 e. The molecular weight excluding hydrogens is 539 g/mol. The highest BCUT2D eigenvalue weighted by Gasteiger charge is 2.49. The van der Waals surface area contributed by atoms with Crippen molar-refractivity contribution in [2.75, 3.05) is 44.3 Å². The number of anilines is 1. The monoisotopic (exact) mass is 564 g/mol. The van der Waals surface area contributed by atoms with E-state index in [0.717, 1.165) is 25.5 Å². The molecule has 1 aromatic carbocycles. The first-order chi connectivity index (χ1) is 16.6. The Kier molecular flexibility index (Phi) is 6.58. The molecule has 3 fully saturated rings. The van der Waals surface area contributed by atoms with Gasteiger partial charge in [0.2, 0.25) is 0 Å². The van der Waals surface area contributed by atoms with Gasteiger partial charge >= 0.3 is 12.2 Å². The van der Waals surface area contributed by atoms with Crippen molar-refractivity contribution >= 4 is 32.7 Å². The summed E-state index contributed by atoms with van der Waals surface area (Å²) in [6.45, 7) is 2.15. The molecule has 5 rings (SSSR count). The van der Waals surface area contributed by atoms with Crippen LogP contribution in [-0.4, -0.2) is 71.1 Å². The Morgan fingerprint density at radius 1 is 1.20 bits per heavy atom. The predicted molar refractivity (Wildman–Crippen MR) is 123 cm³/mol. The molecule has 0 unspecified atom stereocenters. The smallest absolute Gasteiger partial charge is 0.417 e. The van der Waals surface area contributed by atoms with Crippen molar-refractivity contribution in [1.82, 2.24) is 14.9 Å². The van der Waals surface area contributed by atoms with Crippen molar-refractivity contribution in [3.63, 3.8) is 0 Å². The lowest BCUT2D eigenvalue weighted by molar-refractivity contribution is -0.138. The van der Waals surface area contributed by atoms with Gasteiger partial charge in [0.25, 0.3) is 0 Å². The summed E-state index contributed by atoms with van der Waals surface area (Å²) in [5.74, 6) is -0.886. The molecule has 1 N–H and O–H groups in total. The fourth-order valence-corrected chi connectivity index (χ4v) is 6.18. The van der Waals surface area contributed by atoms with Crippen molar-refractivity contribution in [2.24, 2.45) is 5.92 Å². The van der Waals surface area contributed by atoms with E-state index in [2.05, 4.69) is 30.8 Å². The minimum atomic E-state index is -4.78. The van der Waals surface area contributed by atoms with E-state index in [1.54, 1.807) is 4.90 Å². The second-order valence-corrected chi connectivity index (χ2v) is 10.5. The highest BCUT2D eigenvalue weighted by molar-refractivity contribution is 9.10. The number of hydrogen-bond donors (Lipinski definition) is 1. The van der Waals surface area contributed by atoms with Gasteiger partial charge in [-0.05, 0) is 60.1 Å². The number of aliphatic hydroxyl groups is 1. The van der Waals surface area contributed by atoms with Gasteiger partial charge in [-0.25, -0.2) is 8.78 Å². The van der Waals surface area contributed by atoms with Gasteiger partial charge < -0.3 is 14.7 Å². The third kappa shape index (κ3) is 4.57. The molecule has 2 aromatic rings. The number of hydrogen-bond acceptors (Lipinski definition) is 6. The molecular formula is C23H26BrF5N4O2. The maximum atomic E-state index is 15.2. The molecule has 0 saturated carbocycles. The quantitative estimate of drug-likeness (QED) is 0.530. The van der Waals surface area contributed by atoms with Gasteiger partial charge in [0.1, 0.15) is 24.1 Å². The van der Waals surface area contributed by atoms with Crippen molar-refractivity contribution in [3.8, 4) is 6.01 Å². The summed E-state index contributed by atoms with van der Waals surface area (Å²) in [5, 5.41) is 9.39. The maximum Gasteiger partial charge on any atom is 0.417 e. The molecule has 192 valence electrons. The van der Waals surface area contributed by atoms with E-state index in [1.807, 2.05) is 0 Å². The number of halogens is 6. The molecule has 6 nitrogen and oxygen atoms in total. The highest BCUT2D eigenvalue weighted by atomic mass is 79.9. The number of nitrogens with zero attached hydrogens (tertiary/aromatic N) is 4. The molecule has 1 aromatic heterocycles. The standard InChI is InChI=1S/C23H26BrF5N4O2/c24-17-16(23(27,28)29)8-15-19(18(17)26)30-21(31-20(15)32-6-2-13(11-34)3-7-32)35-12-22-4-1-5-33(22)10-14(25)9-22/h8,13-14,34H,1-7,9-12H2/t14-,22+/m1/s1. The van der Waals surface area contributed by atoms with Crippen LogP contribution in [0.25, 0.3) is 10.9 Å². The van der Waals surface area contributed by atoms with Crippen molar-refractivity contribution in [2.45, 2.75) is 50.0 Å². The first-order valence-corrected chi connectivity index (χ1v) is 12.6. The number of rotatable bonds is 5. The lowest BCUT2D eigenvalue weighted by atomic mass is 9.95. The van der Waals surface area contributed by atoms with Gasteiger partial charge in [-0.1, -0.05) is 0 Å². The maximum absolute atomic E-state index is 15.2. The molecule has 2 atom stereocenters. The van der Waals surface area contributed by atoms with Crippen molar-refractivity contribution in [1.29, 1.82) is 0 Å². The number of benzene rings is 1. The summed E-state index contributed by atoms with van der Waals surface area (Å²) in [7, 11) is 0. The normalized spacial score (nSPS) is 26.0. The summed E-state index contributed by atoms with van der Waals surface area (Å²) in [5.41, 5.74) is -1.90. The van der Waals surface area contributed by atoms with Crippen LogP contribution in [-0.2, 0) is 6.18 Å². The zero-order chi connectivity index (χ0) is 25.0.